The van der Waals surface area contributed by atoms with E-state index in [1.807, 2.05) is 0 Å². The summed E-state index contributed by atoms with van der Waals surface area (Å²) >= 11 is 6.06. The zero-order valence-corrected chi connectivity index (χ0v) is 27.1. The summed E-state index contributed by atoms with van der Waals surface area (Å²) in [5.74, 6) is -1.16. The predicted molar refractivity (Wildman–Crippen MR) is 172 cm³/mol. The molecule has 252 valence electrons. The number of aromatic hydroxyl groups is 1. The molecule has 3 heterocycles. The molecule has 0 bridgehead atoms. The van der Waals surface area contributed by atoms with Crippen molar-refractivity contribution in [3.63, 3.8) is 0 Å². The number of ether oxygens (including phenoxy) is 2. The molecule has 1 unspecified atom stereocenters. The number of phenols is 1. The maximum absolute atomic E-state index is 13.0. The Morgan fingerprint density at radius 3 is 2.67 bits per heavy atom. The molecule has 6 rings (SSSR count). The number of nitrogens with zero attached hydrogens (tertiary/aromatic N) is 4. The molecule has 1 aromatic carbocycles. The van der Waals surface area contributed by atoms with Gasteiger partial charge in [-0.05, 0) is 87.0 Å². The van der Waals surface area contributed by atoms with E-state index < -0.39 is 24.0 Å². The topological polar surface area (TPSA) is 152 Å². The number of halogens is 1. The number of alkyl halides is 1. The highest BCUT2D eigenvalue weighted by atomic mass is 35.5. The summed E-state index contributed by atoms with van der Waals surface area (Å²) in [7, 11) is 0. The smallest absolute Gasteiger partial charge is 0.238 e. The fraction of sp³-hybridized carbons (Fsp3) is 0.676. The van der Waals surface area contributed by atoms with E-state index in [4.69, 9.17) is 31.1 Å². The van der Waals surface area contributed by atoms with Gasteiger partial charge in [-0.15, -0.1) is 16.7 Å². The second kappa shape index (κ2) is 15.0. The summed E-state index contributed by atoms with van der Waals surface area (Å²) in [6.07, 6.45) is 12.6. The molecule has 12 heteroatoms. The van der Waals surface area contributed by atoms with Crippen LogP contribution in [0.4, 0.5) is 0 Å². The van der Waals surface area contributed by atoms with E-state index in [0.29, 0.717) is 49.6 Å². The third-order valence-electron chi connectivity index (χ3n) is 10.2. The standard InChI is InChI=1S/C34H47ClN4O7/c35-14-7-9-23-21-36-38-39(23)30-20-28(37-46-31-11-3-6-17-44-31)26-18-22(8-1-4-15-40)25(10-2-5-16-41)32-27-19-24(42)12-13-29(27)45-34(30,43)33(26)32/h12-13,18-19,21-22,25,30-33,40-43H,1-11,14-17,20H2/t22-,25+,30-,31?,32+,33+,34+/m0/s1. The summed E-state index contributed by atoms with van der Waals surface area (Å²) in [6.45, 7) is 0.867. The zero-order chi connectivity index (χ0) is 32.1. The number of fused-ring (bicyclic) bond motifs is 2. The molecule has 46 heavy (non-hydrogen) atoms. The zero-order valence-electron chi connectivity index (χ0n) is 26.3. The Labute approximate surface area is 275 Å². The molecular formula is C34H47ClN4O7. The summed E-state index contributed by atoms with van der Waals surface area (Å²) in [4.78, 5) is 6.05. The highest BCUT2D eigenvalue weighted by Crippen LogP contribution is 2.62. The molecule has 0 radical (unpaired) electrons. The number of unbranched alkanes of at least 4 members (excludes halogenated alkanes) is 2. The minimum atomic E-state index is -1.71. The molecule has 0 amide bonds. The molecule has 7 atom stereocenters. The van der Waals surface area contributed by atoms with Gasteiger partial charge in [0.15, 0.2) is 0 Å². The molecule has 4 N–H and O–H groups in total. The van der Waals surface area contributed by atoms with Crippen LogP contribution < -0.4 is 4.74 Å². The Balaban J connectivity index is 1.51. The van der Waals surface area contributed by atoms with Crippen LogP contribution in [0.3, 0.4) is 0 Å². The lowest BCUT2D eigenvalue weighted by Crippen LogP contribution is -2.62. The number of rotatable bonds is 14. The molecule has 0 spiro atoms. The average Bonchev–Trinajstić information content (AvgIpc) is 3.53. The summed E-state index contributed by atoms with van der Waals surface area (Å²) in [5, 5.41) is 56.4. The number of allylic oxidation sites excluding steroid dienone is 1. The maximum Gasteiger partial charge on any atom is 0.238 e. The van der Waals surface area contributed by atoms with Crippen LogP contribution in [0, 0.1) is 17.8 Å². The molecule has 2 aromatic rings. The van der Waals surface area contributed by atoms with Gasteiger partial charge in [0.2, 0.25) is 12.1 Å². The Bertz CT molecular complexity index is 1380. The van der Waals surface area contributed by atoms with Crippen molar-refractivity contribution in [1.82, 2.24) is 15.0 Å². The van der Waals surface area contributed by atoms with Crippen molar-refractivity contribution in [2.75, 3.05) is 25.7 Å². The van der Waals surface area contributed by atoms with Gasteiger partial charge < -0.3 is 34.7 Å². The lowest BCUT2D eigenvalue weighted by molar-refractivity contribution is -0.225. The number of aromatic nitrogens is 3. The van der Waals surface area contributed by atoms with E-state index in [0.717, 1.165) is 68.2 Å². The number of hydrogen-bond donors (Lipinski definition) is 4. The third-order valence-corrected chi connectivity index (χ3v) is 10.5. The van der Waals surface area contributed by atoms with Gasteiger partial charge in [0.25, 0.3) is 0 Å². The first-order valence-electron chi connectivity index (χ1n) is 17.0. The minimum absolute atomic E-state index is 0.0732. The van der Waals surface area contributed by atoms with Gasteiger partial charge >= 0.3 is 0 Å². The second-order valence-corrected chi connectivity index (χ2v) is 13.5. The maximum atomic E-state index is 13.0. The Kier molecular flexibility index (Phi) is 10.8. The molecule has 2 aliphatic heterocycles. The summed E-state index contributed by atoms with van der Waals surface area (Å²) in [5.41, 5.74) is 3.28. The molecule has 1 saturated heterocycles. The van der Waals surface area contributed by atoms with Gasteiger partial charge in [-0.25, -0.2) is 4.68 Å². The lowest BCUT2D eigenvalue weighted by Gasteiger charge is -2.56. The van der Waals surface area contributed by atoms with Crippen LogP contribution >= 0.6 is 11.6 Å². The van der Waals surface area contributed by atoms with Gasteiger partial charge in [-0.3, -0.25) is 0 Å². The molecule has 1 saturated carbocycles. The first-order valence-corrected chi connectivity index (χ1v) is 17.5. The van der Waals surface area contributed by atoms with Crippen molar-refractivity contribution in [2.24, 2.45) is 22.9 Å². The largest absolute Gasteiger partial charge is 0.508 e. The number of aliphatic hydroxyl groups is 3. The van der Waals surface area contributed by atoms with Crippen LogP contribution in [0.5, 0.6) is 11.5 Å². The van der Waals surface area contributed by atoms with E-state index in [2.05, 4.69) is 16.4 Å². The van der Waals surface area contributed by atoms with Crippen molar-refractivity contribution in [1.29, 1.82) is 0 Å². The van der Waals surface area contributed by atoms with Gasteiger partial charge in [-0.1, -0.05) is 29.3 Å². The van der Waals surface area contributed by atoms with E-state index in [9.17, 15) is 20.4 Å². The number of benzene rings is 1. The van der Waals surface area contributed by atoms with Gasteiger partial charge in [0.1, 0.15) is 17.5 Å². The van der Waals surface area contributed by atoms with Crippen LogP contribution in [-0.2, 0) is 16.0 Å². The van der Waals surface area contributed by atoms with Crippen LogP contribution in [0.1, 0.15) is 93.8 Å². The van der Waals surface area contributed by atoms with Crippen LogP contribution in [-0.4, -0.2) is 78.9 Å². The number of aliphatic hydroxyl groups excluding tert-OH is 2. The molecule has 2 fully saturated rings. The van der Waals surface area contributed by atoms with Crippen LogP contribution in [0.2, 0.25) is 0 Å². The van der Waals surface area contributed by atoms with Crippen LogP contribution in [0.25, 0.3) is 0 Å². The monoisotopic (exact) mass is 658 g/mol. The molecule has 1 aromatic heterocycles. The molecular weight excluding hydrogens is 612 g/mol. The number of oxime groups is 1. The van der Waals surface area contributed by atoms with E-state index in [1.54, 1.807) is 29.1 Å². The van der Waals surface area contributed by atoms with Crippen molar-refractivity contribution < 1.29 is 34.7 Å². The summed E-state index contributed by atoms with van der Waals surface area (Å²) in [6, 6.07) is 4.42. The molecule has 11 nitrogen and oxygen atoms in total. The number of hydrogen-bond acceptors (Lipinski definition) is 10. The van der Waals surface area contributed by atoms with E-state index in [-0.39, 0.29) is 36.7 Å². The number of phenolic OH excluding ortho intramolecular Hbond substituents is 1. The van der Waals surface area contributed by atoms with Crippen molar-refractivity contribution in [2.45, 2.75) is 101 Å². The first kappa shape index (κ1) is 33.2. The van der Waals surface area contributed by atoms with E-state index >= 15 is 0 Å². The number of aryl methyl sites for hydroxylation is 1. The Morgan fingerprint density at radius 2 is 1.91 bits per heavy atom. The quantitative estimate of drug-likeness (QED) is 0.125. The molecule has 4 aliphatic rings. The van der Waals surface area contributed by atoms with Crippen molar-refractivity contribution in [3.8, 4) is 11.5 Å². The average molecular weight is 659 g/mol. The van der Waals surface area contributed by atoms with Gasteiger partial charge in [-0.2, -0.15) is 0 Å². The highest BCUT2D eigenvalue weighted by Gasteiger charge is 2.63. The summed E-state index contributed by atoms with van der Waals surface area (Å²) < 4.78 is 14.3. The fourth-order valence-corrected chi connectivity index (χ4v) is 8.21. The van der Waals surface area contributed by atoms with Crippen LogP contribution in [0.15, 0.2) is 41.2 Å². The normalized spacial score (nSPS) is 31.1. The minimum Gasteiger partial charge on any atom is -0.508 e. The Hall–Kier alpha value is -2.70. The lowest BCUT2D eigenvalue weighted by atomic mass is 9.55. The SMILES string of the molecule is OCCCC[C@H]1[C@@H]2c3cc(O)ccc3O[C@@]3(O)[C@@H]2C(=C[C@@H]1CCCCO)C(=NOC1CCCCO1)C[C@@H]3n1nncc1CCCCl. The van der Waals surface area contributed by atoms with Crippen molar-refractivity contribution >= 4 is 17.3 Å². The van der Waals surface area contributed by atoms with Gasteiger partial charge in [0.05, 0.1) is 30.1 Å². The first-order chi connectivity index (χ1) is 22.5. The molecule has 2 aliphatic carbocycles. The van der Waals surface area contributed by atoms with Crippen molar-refractivity contribution in [3.05, 3.63) is 47.3 Å². The van der Waals surface area contributed by atoms with Gasteiger partial charge in [0, 0.05) is 43.4 Å². The second-order valence-electron chi connectivity index (χ2n) is 13.1. The van der Waals surface area contributed by atoms with E-state index in [1.165, 1.54) is 0 Å². The fourth-order valence-electron chi connectivity index (χ4n) is 8.08. The third kappa shape index (κ3) is 6.67. The predicted octanol–water partition coefficient (Wildman–Crippen LogP) is 4.98. The highest BCUT2D eigenvalue weighted by molar-refractivity contribution is 6.17. The Morgan fingerprint density at radius 1 is 1.09 bits per heavy atom.